The lowest BCUT2D eigenvalue weighted by atomic mass is 10.1. The molecule has 5 nitrogen and oxygen atoms in total. The number of hydrogen-bond acceptors (Lipinski definition) is 3. The van der Waals surface area contributed by atoms with E-state index in [2.05, 4.69) is 0 Å². The van der Waals surface area contributed by atoms with Gasteiger partial charge in [-0.05, 0) is 6.42 Å². The Morgan fingerprint density at radius 2 is 2.21 bits per heavy atom. The second kappa shape index (κ2) is 4.76. The minimum Gasteiger partial charge on any atom is -0.481 e. The fraction of sp³-hybridized carbons (Fsp3) is 0.556. The van der Waals surface area contributed by atoms with Gasteiger partial charge < -0.3 is 15.7 Å². The van der Waals surface area contributed by atoms with Crippen molar-refractivity contribution in [1.29, 1.82) is 0 Å². The molecule has 0 saturated heterocycles. The molecule has 14 heavy (non-hydrogen) atoms. The van der Waals surface area contributed by atoms with Crippen molar-refractivity contribution in [2.24, 2.45) is 5.73 Å². The van der Waals surface area contributed by atoms with Gasteiger partial charge in [-0.15, -0.1) is 0 Å². The van der Waals surface area contributed by atoms with Gasteiger partial charge in [-0.3, -0.25) is 9.59 Å². The van der Waals surface area contributed by atoms with E-state index >= 15 is 0 Å². The van der Waals surface area contributed by atoms with E-state index in [0.717, 1.165) is 6.42 Å². The van der Waals surface area contributed by atoms with Crippen LogP contribution >= 0.6 is 0 Å². The maximum atomic E-state index is 11.5. The van der Waals surface area contributed by atoms with Crippen LogP contribution in [0.4, 0.5) is 0 Å². The van der Waals surface area contributed by atoms with Gasteiger partial charge in [0.2, 0.25) is 5.91 Å². The first-order valence-electron chi connectivity index (χ1n) is 4.52. The number of nitrogens with two attached hydrogens (primary N) is 1. The summed E-state index contributed by atoms with van der Waals surface area (Å²) in [4.78, 5) is 23.4. The number of amides is 1. The van der Waals surface area contributed by atoms with Crippen LogP contribution < -0.4 is 5.73 Å². The zero-order valence-corrected chi connectivity index (χ0v) is 7.85. The van der Waals surface area contributed by atoms with Crippen molar-refractivity contribution in [3.05, 3.63) is 12.2 Å². The van der Waals surface area contributed by atoms with Gasteiger partial charge in [0, 0.05) is 13.1 Å². The lowest BCUT2D eigenvalue weighted by Gasteiger charge is -2.25. The Hall–Kier alpha value is -1.36. The standard InChI is InChI=1S/C9H14N2O3/c10-7(6-8(12)13)9(14)11-4-2-1-3-5-11/h1-2,7H,3-6,10H2,(H,12,13). The summed E-state index contributed by atoms with van der Waals surface area (Å²) in [6.45, 7) is 1.16. The highest BCUT2D eigenvalue weighted by atomic mass is 16.4. The first-order valence-corrected chi connectivity index (χ1v) is 4.52. The number of rotatable bonds is 3. The molecule has 1 heterocycles. The molecule has 78 valence electrons. The second-order valence-corrected chi connectivity index (χ2v) is 3.25. The van der Waals surface area contributed by atoms with Gasteiger partial charge >= 0.3 is 5.97 Å². The van der Waals surface area contributed by atoms with E-state index in [9.17, 15) is 9.59 Å². The van der Waals surface area contributed by atoms with Gasteiger partial charge in [-0.1, -0.05) is 12.2 Å². The molecule has 0 fully saturated rings. The summed E-state index contributed by atoms with van der Waals surface area (Å²) in [5.41, 5.74) is 5.45. The molecule has 1 atom stereocenters. The molecule has 1 aliphatic rings. The molecule has 0 aromatic rings. The number of carbonyl (C=O) groups is 2. The molecule has 5 heteroatoms. The van der Waals surface area contributed by atoms with E-state index in [1.807, 2.05) is 12.2 Å². The Kier molecular flexibility index (Phi) is 3.64. The van der Waals surface area contributed by atoms with Crippen LogP contribution in [-0.2, 0) is 9.59 Å². The summed E-state index contributed by atoms with van der Waals surface area (Å²) in [7, 11) is 0. The van der Waals surface area contributed by atoms with E-state index in [0.29, 0.717) is 13.1 Å². The Morgan fingerprint density at radius 3 is 2.71 bits per heavy atom. The Bertz CT molecular complexity index is 263. The van der Waals surface area contributed by atoms with Crippen molar-refractivity contribution in [3.63, 3.8) is 0 Å². The fourth-order valence-corrected chi connectivity index (χ4v) is 1.35. The van der Waals surface area contributed by atoms with Crippen molar-refractivity contribution in [2.45, 2.75) is 18.9 Å². The van der Waals surface area contributed by atoms with Crippen LogP contribution in [0.1, 0.15) is 12.8 Å². The number of carboxylic acid groups (broad SMARTS) is 1. The molecule has 0 aromatic carbocycles. The normalized spacial score (nSPS) is 17.9. The predicted octanol–water partition coefficient (Wildman–Crippen LogP) is -0.423. The number of nitrogens with zero attached hydrogens (tertiary/aromatic N) is 1. The molecule has 0 aromatic heterocycles. The third kappa shape index (κ3) is 2.85. The molecule has 1 rings (SSSR count). The maximum absolute atomic E-state index is 11.5. The monoisotopic (exact) mass is 198 g/mol. The van der Waals surface area contributed by atoms with Gasteiger partial charge in [0.15, 0.2) is 0 Å². The number of carboxylic acids is 1. The van der Waals surface area contributed by atoms with Gasteiger partial charge in [0.25, 0.3) is 0 Å². The molecular weight excluding hydrogens is 184 g/mol. The van der Waals surface area contributed by atoms with Crippen molar-refractivity contribution in [1.82, 2.24) is 4.90 Å². The molecule has 1 unspecified atom stereocenters. The van der Waals surface area contributed by atoms with Gasteiger partial charge in [-0.25, -0.2) is 0 Å². The molecule has 1 aliphatic heterocycles. The Morgan fingerprint density at radius 1 is 1.50 bits per heavy atom. The highest BCUT2D eigenvalue weighted by molar-refractivity contribution is 5.86. The van der Waals surface area contributed by atoms with Crippen molar-refractivity contribution in [3.8, 4) is 0 Å². The SMILES string of the molecule is NC(CC(=O)O)C(=O)N1CC=CCC1. The predicted molar refractivity (Wildman–Crippen MR) is 50.6 cm³/mol. The van der Waals surface area contributed by atoms with Crippen LogP contribution in [0, 0.1) is 0 Å². The molecule has 0 bridgehead atoms. The summed E-state index contributed by atoms with van der Waals surface area (Å²) in [6.07, 6.45) is 4.38. The van der Waals surface area contributed by atoms with E-state index < -0.39 is 12.0 Å². The number of aliphatic carboxylic acids is 1. The minimum absolute atomic E-state index is 0.281. The fourth-order valence-electron chi connectivity index (χ4n) is 1.35. The van der Waals surface area contributed by atoms with Gasteiger partial charge in [0.1, 0.15) is 0 Å². The zero-order chi connectivity index (χ0) is 10.6. The van der Waals surface area contributed by atoms with E-state index in [-0.39, 0.29) is 12.3 Å². The zero-order valence-electron chi connectivity index (χ0n) is 7.85. The summed E-state index contributed by atoms with van der Waals surface area (Å²) in [5.74, 6) is -1.32. The van der Waals surface area contributed by atoms with Crippen LogP contribution in [0.3, 0.4) is 0 Å². The summed E-state index contributed by atoms with van der Waals surface area (Å²) < 4.78 is 0. The average molecular weight is 198 g/mol. The summed E-state index contributed by atoms with van der Waals surface area (Å²) in [6, 6.07) is -0.918. The van der Waals surface area contributed by atoms with Crippen molar-refractivity contribution >= 4 is 11.9 Å². The Labute approximate surface area is 82.2 Å². The van der Waals surface area contributed by atoms with E-state index in [1.165, 1.54) is 0 Å². The number of carbonyl (C=O) groups excluding carboxylic acids is 1. The molecule has 3 N–H and O–H groups in total. The average Bonchev–Trinajstić information content (AvgIpc) is 2.17. The highest BCUT2D eigenvalue weighted by Crippen LogP contribution is 2.04. The van der Waals surface area contributed by atoms with Crippen LogP contribution in [0.25, 0.3) is 0 Å². The number of hydrogen-bond donors (Lipinski definition) is 2. The molecule has 0 aliphatic carbocycles. The van der Waals surface area contributed by atoms with Crippen LogP contribution in [0.2, 0.25) is 0 Å². The first kappa shape index (κ1) is 10.7. The molecule has 0 spiro atoms. The lowest BCUT2D eigenvalue weighted by molar-refractivity contribution is -0.141. The molecular formula is C9H14N2O3. The minimum atomic E-state index is -1.04. The third-order valence-corrected chi connectivity index (χ3v) is 2.08. The van der Waals surface area contributed by atoms with Crippen molar-refractivity contribution < 1.29 is 14.7 Å². The second-order valence-electron chi connectivity index (χ2n) is 3.25. The largest absolute Gasteiger partial charge is 0.481 e. The van der Waals surface area contributed by atoms with Crippen LogP contribution in [0.5, 0.6) is 0 Å². The third-order valence-electron chi connectivity index (χ3n) is 2.08. The van der Waals surface area contributed by atoms with Crippen molar-refractivity contribution in [2.75, 3.05) is 13.1 Å². The molecule has 1 amide bonds. The topological polar surface area (TPSA) is 83.6 Å². The quantitative estimate of drug-likeness (QED) is 0.603. The lowest BCUT2D eigenvalue weighted by Crippen LogP contribution is -2.45. The summed E-state index contributed by atoms with van der Waals surface area (Å²) >= 11 is 0. The molecule has 0 saturated carbocycles. The highest BCUT2D eigenvalue weighted by Gasteiger charge is 2.22. The van der Waals surface area contributed by atoms with E-state index in [4.69, 9.17) is 10.8 Å². The van der Waals surface area contributed by atoms with Crippen LogP contribution in [-0.4, -0.2) is 41.0 Å². The van der Waals surface area contributed by atoms with Crippen LogP contribution in [0.15, 0.2) is 12.2 Å². The smallest absolute Gasteiger partial charge is 0.305 e. The first-order chi connectivity index (χ1) is 6.61. The maximum Gasteiger partial charge on any atom is 0.305 e. The molecule has 0 radical (unpaired) electrons. The summed E-state index contributed by atoms with van der Waals surface area (Å²) in [5, 5.41) is 8.47. The van der Waals surface area contributed by atoms with Gasteiger partial charge in [0.05, 0.1) is 12.5 Å². The van der Waals surface area contributed by atoms with E-state index in [1.54, 1.807) is 4.90 Å². The Balaban J connectivity index is 2.47. The van der Waals surface area contributed by atoms with Gasteiger partial charge in [-0.2, -0.15) is 0 Å².